The van der Waals surface area contributed by atoms with Gasteiger partial charge < -0.3 is 0 Å². The molecule has 0 aliphatic rings. The maximum Gasteiger partial charge on any atom is 0.265 e. The second-order valence-corrected chi connectivity index (χ2v) is 5.86. The summed E-state index contributed by atoms with van der Waals surface area (Å²) < 4.78 is 47.5. The van der Waals surface area contributed by atoms with Gasteiger partial charge in [-0.25, -0.2) is 17.2 Å². The normalized spacial score (nSPS) is 11.5. The molecule has 0 unspecified atom stereocenters. The van der Waals surface area contributed by atoms with Crippen molar-refractivity contribution in [1.29, 1.82) is 5.26 Å². The molecule has 0 fully saturated rings. The summed E-state index contributed by atoms with van der Waals surface area (Å²) in [5.74, 6) is -0.261. The summed E-state index contributed by atoms with van der Waals surface area (Å²) in [4.78, 5) is -0.496. The van der Waals surface area contributed by atoms with E-state index in [9.17, 15) is 17.2 Å². The standard InChI is InChI=1S/C9H5Cl2F2NO2S/c10-3-5-1-6(17(11,15)16)2-7(9(12)13)8(5)4-14/h1-2,9H,3H2. The van der Waals surface area contributed by atoms with Crippen molar-refractivity contribution in [3.05, 3.63) is 28.8 Å². The van der Waals surface area contributed by atoms with Gasteiger partial charge in [0.05, 0.1) is 16.5 Å². The molecule has 0 aromatic heterocycles. The lowest BCUT2D eigenvalue weighted by atomic mass is 10.0. The fraction of sp³-hybridized carbons (Fsp3) is 0.222. The first-order valence-electron chi connectivity index (χ1n) is 4.17. The number of nitriles is 1. The first kappa shape index (κ1) is 14.2. The number of hydrogen-bond donors (Lipinski definition) is 0. The van der Waals surface area contributed by atoms with Crippen LogP contribution in [0.3, 0.4) is 0 Å². The molecule has 0 N–H and O–H groups in total. The summed E-state index contributed by atoms with van der Waals surface area (Å²) >= 11 is 5.48. The predicted octanol–water partition coefficient (Wildman–Crippen LogP) is 3.16. The fourth-order valence-electron chi connectivity index (χ4n) is 1.25. The van der Waals surface area contributed by atoms with E-state index >= 15 is 0 Å². The molecule has 0 aliphatic heterocycles. The second-order valence-electron chi connectivity index (χ2n) is 3.03. The van der Waals surface area contributed by atoms with Gasteiger partial charge >= 0.3 is 0 Å². The molecule has 1 aromatic carbocycles. The lowest BCUT2D eigenvalue weighted by Gasteiger charge is -2.09. The van der Waals surface area contributed by atoms with Gasteiger partial charge in [0.25, 0.3) is 15.5 Å². The molecule has 0 amide bonds. The van der Waals surface area contributed by atoms with E-state index in [2.05, 4.69) is 0 Å². The average Bonchev–Trinajstić information content (AvgIpc) is 2.25. The second kappa shape index (κ2) is 5.17. The van der Waals surface area contributed by atoms with Crippen molar-refractivity contribution in [1.82, 2.24) is 0 Å². The maximum absolute atomic E-state index is 12.7. The molecular weight excluding hydrogens is 295 g/mol. The van der Waals surface area contributed by atoms with Gasteiger partial charge in [0.1, 0.15) is 0 Å². The molecule has 17 heavy (non-hydrogen) atoms. The van der Waals surface area contributed by atoms with Crippen LogP contribution in [0, 0.1) is 11.3 Å². The molecule has 8 heteroatoms. The zero-order valence-electron chi connectivity index (χ0n) is 8.12. The van der Waals surface area contributed by atoms with E-state index in [1.807, 2.05) is 0 Å². The van der Waals surface area contributed by atoms with Gasteiger partial charge in [0.15, 0.2) is 0 Å². The molecule has 0 atom stereocenters. The van der Waals surface area contributed by atoms with Crippen LogP contribution in [0.25, 0.3) is 0 Å². The van der Waals surface area contributed by atoms with Gasteiger partial charge in [-0.15, -0.1) is 11.6 Å². The van der Waals surface area contributed by atoms with Crippen molar-refractivity contribution in [3.63, 3.8) is 0 Å². The molecule has 0 aliphatic carbocycles. The van der Waals surface area contributed by atoms with Gasteiger partial charge in [0, 0.05) is 22.1 Å². The smallest absolute Gasteiger partial charge is 0.207 e. The summed E-state index contributed by atoms with van der Waals surface area (Å²) in [6, 6.07) is 3.27. The highest BCUT2D eigenvalue weighted by Crippen LogP contribution is 2.30. The molecule has 0 saturated carbocycles. The summed E-state index contributed by atoms with van der Waals surface area (Å²) in [5.41, 5.74) is -1.00. The van der Waals surface area contributed by atoms with Gasteiger partial charge in [-0.05, 0) is 17.7 Å². The molecule has 0 heterocycles. The van der Waals surface area contributed by atoms with E-state index in [0.717, 1.165) is 6.07 Å². The topological polar surface area (TPSA) is 57.9 Å². The number of rotatable bonds is 3. The summed E-state index contributed by atoms with van der Waals surface area (Å²) in [6.07, 6.45) is -2.98. The van der Waals surface area contributed by atoms with Crippen LogP contribution in [-0.2, 0) is 14.9 Å². The Morgan fingerprint density at radius 2 is 2.00 bits per heavy atom. The van der Waals surface area contributed by atoms with Crippen molar-refractivity contribution in [3.8, 4) is 6.07 Å². The molecule has 1 aromatic rings. The number of benzene rings is 1. The quantitative estimate of drug-likeness (QED) is 0.636. The predicted molar refractivity (Wildman–Crippen MR) is 58.7 cm³/mol. The average molecular weight is 300 g/mol. The minimum atomic E-state index is -4.15. The number of alkyl halides is 3. The molecule has 3 nitrogen and oxygen atoms in total. The van der Waals surface area contributed by atoms with Crippen LogP contribution in [-0.4, -0.2) is 8.42 Å². The largest absolute Gasteiger partial charge is 0.265 e. The first-order valence-corrected chi connectivity index (χ1v) is 7.01. The molecule has 1 rings (SSSR count). The van der Waals surface area contributed by atoms with E-state index in [0.29, 0.717) is 6.07 Å². The van der Waals surface area contributed by atoms with Crippen LogP contribution < -0.4 is 0 Å². The Kier molecular flexibility index (Phi) is 4.31. The Morgan fingerprint density at radius 3 is 2.35 bits per heavy atom. The Morgan fingerprint density at radius 1 is 1.41 bits per heavy atom. The van der Waals surface area contributed by atoms with Crippen molar-refractivity contribution in [2.45, 2.75) is 17.2 Å². The van der Waals surface area contributed by atoms with E-state index in [-0.39, 0.29) is 17.0 Å². The first-order chi connectivity index (χ1) is 7.81. The van der Waals surface area contributed by atoms with Crippen molar-refractivity contribution < 1.29 is 17.2 Å². The number of nitrogens with zero attached hydrogens (tertiary/aromatic N) is 1. The highest BCUT2D eigenvalue weighted by atomic mass is 35.7. The van der Waals surface area contributed by atoms with Gasteiger partial charge in [-0.1, -0.05) is 0 Å². The maximum atomic E-state index is 12.7. The Labute approximate surface area is 106 Å². The minimum absolute atomic E-state index is 0.00573. The van der Waals surface area contributed by atoms with Crippen molar-refractivity contribution >= 4 is 31.3 Å². The fourth-order valence-corrected chi connectivity index (χ4v) is 2.28. The summed E-state index contributed by atoms with van der Waals surface area (Å²) in [7, 11) is 0.915. The van der Waals surface area contributed by atoms with Crippen LogP contribution in [0.5, 0.6) is 0 Å². The number of halogens is 4. The van der Waals surface area contributed by atoms with E-state index in [4.69, 9.17) is 27.5 Å². The molecule has 0 bridgehead atoms. The van der Waals surface area contributed by atoms with Crippen molar-refractivity contribution in [2.24, 2.45) is 0 Å². The summed E-state index contributed by atoms with van der Waals surface area (Å²) in [5, 5.41) is 8.75. The van der Waals surface area contributed by atoms with Crippen LogP contribution in [0.4, 0.5) is 8.78 Å². The molecule has 0 spiro atoms. The third-order valence-corrected chi connectivity index (χ3v) is 3.62. The highest BCUT2D eigenvalue weighted by Gasteiger charge is 2.21. The SMILES string of the molecule is N#Cc1c(CCl)cc(S(=O)(=O)Cl)cc1C(F)F. The lowest BCUT2D eigenvalue weighted by molar-refractivity contribution is 0.150. The molecule has 0 saturated heterocycles. The molecule has 0 radical (unpaired) electrons. The van der Waals surface area contributed by atoms with Crippen LogP contribution in [0.15, 0.2) is 17.0 Å². The third kappa shape index (κ3) is 3.06. The zero-order chi connectivity index (χ0) is 13.2. The third-order valence-electron chi connectivity index (χ3n) is 2.00. The van der Waals surface area contributed by atoms with E-state index < -0.39 is 25.9 Å². The Bertz CT molecular complexity index is 581. The Balaban J connectivity index is 3.65. The van der Waals surface area contributed by atoms with Crippen LogP contribution in [0.1, 0.15) is 23.1 Å². The molecule has 92 valence electrons. The Hall–Kier alpha value is -0.900. The van der Waals surface area contributed by atoms with Crippen LogP contribution >= 0.6 is 22.3 Å². The van der Waals surface area contributed by atoms with Gasteiger partial charge in [-0.2, -0.15) is 5.26 Å². The van der Waals surface area contributed by atoms with E-state index in [1.54, 1.807) is 6.07 Å². The number of hydrogen-bond acceptors (Lipinski definition) is 3. The monoisotopic (exact) mass is 299 g/mol. The minimum Gasteiger partial charge on any atom is -0.207 e. The summed E-state index contributed by atoms with van der Waals surface area (Å²) in [6.45, 7) is 0. The van der Waals surface area contributed by atoms with Gasteiger partial charge in [0.2, 0.25) is 0 Å². The van der Waals surface area contributed by atoms with Gasteiger partial charge in [-0.3, -0.25) is 0 Å². The highest BCUT2D eigenvalue weighted by molar-refractivity contribution is 8.13. The van der Waals surface area contributed by atoms with Crippen LogP contribution in [0.2, 0.25) is 0 Å². The van der Waals surface area contributed by atoms with Crippen molar-refractivity contribution in [2.75, 3.05) is 0 Å². The molecular formula is C9H5Cl2F2NO2S. The van der Waals surface area contributed by atoms with E-state index in [1.165, 1.54) is 0 Å². The lowest BCUT2D eigenvalue weighted by Crippen LogP contribution is -2.01. The zero-order valence-corrected chi connectivity index (χ0v) is 10.5.